The lowest BCUT2D eigenvalue weighted by molar-refractivity contribution is 0.206. The molecule has 2 rings (SSSR count). The van der Waals surface area contributed by atoms with Crippen molar-refractivity contribution in [2.75, 3.05) is 13.6 Å². The number of carbonyl (C=O) groups is 1. The van der Waals surface area contributed by atoms with Crippen LogP contribution in [0, 0.1) is 13.8 Å². The van der Waals surface area contributed by atoms with Crippen LogP contribution in [0.3, 0.4) is 0 Å². The average molecular weight is 315 g/mol. The number of rotatable bonds is 6. The summed E-state index contributed by atoms with van der Waals surface area (Å²) in [5.74, 6) is 0. The molecule has 0 fully saturated rings. The first-order valence-corrected chi connectivity index (χ1v) is 7.88. The van der Waals surface area contributed by atoms with E-state index in [1.807, 2.05) is 46.1 Å². The minimum Gasteiger partial charge on any atom is -0.335 e. The van der Waals surface area contributed by atoms with Gasteiger partial charge in [0, 0.05) is 37.7 Å². The van der Waals surface area contributed by atoms with Crippen molar-refractivity contribution in [2.45, 2.75) is 39.7 Å². The van der Waals surface area contributed by atoms with Crippen molar-refractivity contribution in [1.82, 2.24) is 25.4 Å². The highest BCUT2D eigenvalue weighted by molar-refractivity contribution is 5.74. The zero-order valence-corrected chi connectivity index (χ0v) is 14.3. The predicted octanol–water partition coefficient (Wildman–Crippen LogP) is 2.24. The van der Waals surface area contributed by atoms with Crippen LogP contribution in [0.15, 0.2) is 24.5 Å². The number of aromatic nitrogens is 3. The number of H-pyrrole nitrogens is 1. The summed E-state index contributed by atoms with van der Waals surface area (Å²) in [6.45, 7) is 6.65. The third-order valence-corrected chi connectivity index (χ3v) is 3.96. The van der Waals surface area contributed by atoms with E-state index in [9.17, 15) is 4.79 Å². The fraction of sp³-hybridized carbons (Fsp3) is 0.471. The molecule has 0 aliphatic rings. The Hall–Kier alpha value is -2.37. The van der Waals surface area contributed by atoms with Crippen LogP contribution in [0.25, 0.3) is 0 Å². The smallest absolute Gasteiger partial charge is 0.317 e. The summed E-state index contributed by atoms with van der Waals surface area (Å²) in [6, 6.07) is 3.93. The van der Waals surface area contributed by atoms with E-state index in [2.05, 4.69) is 20.5 Å². The summed E-state index contributed by atoms with van der Waals surface area (Å²) in [6.07, 6.45) is 5.15. The number of hydrogen-bond acceptors (Lipinski definition) is 3. The topological polar surface area (TPSA) is 73.9 Å². The standard InChI is InChI=1S/C17H25N5O/c1-12(10-15-6-5-8-18-11-15)19-17(23)22(4)9-7-16-13(2)20-21-14(16)3/h5-6,8,11-12H,7,9-10H2,1-4H3,(H,19,23)(H,20,21)/t12-/m1/s1. The van der Waals surface area contributed by atoms with Crippen molar-refractivity contribution in [2.24, 2.45) is 0 Å². The second-order valence-corrected chi connectivity index (χ2v) is 6.00. The predicted molar refractivity (Wildman–Crippen MR) is 90.3 cm³/mol. The van der Waals surface area contributed by atoms with Crippen LogP contribution in [0.1, 0.15) is 29.4 Å². The zero-order valence-electron chi connectivity index (χ0n) is 14.3. The maximum atomic E-state index is 12.2. The van der Waals surface area contributed by atoms with Gasteiger partial charge in [-0.25, -0.2) is 4.79 Å². The molecule has 0 spiro atoms. The molecule has 0 saturated heterocycles. The van der Waals surface area contributed by atoms with Crippen molar-refractivity contribution in [3.05, 3.63) is 47.0 Å². The Labute approximate surface area is 137 Å². The first-order valence-electron chi connectivity index (χ1n) is 7.88. The highest BCUT2D eigenvalue weighted by atomic mass is 16.2. The quantitative estimate of drug-likeness (QED) is 0.858. The largest absolute Gasteiger partial charge is 0.335 e. The molecule has 0 unspecified atom stereocenters. The summed E-state index contributed by atoms with van der Waals surface area (Å²) < 4.78 is 0. The molecular formula is C17H25N5O. The number of pyridine rings is 1. The van der Waals surface area contributed by atoms with Gasteiger partial charge in [-0.15, -0.1) is 0 Å². The minimum atomic E-state index is -0.0554. The minimum absolute atomic E-state index is 0.0554. The van der Waals surface area contributed by atoms with Gasteiger partial charge >= 0.3 is 6.03 Å². The second kappa shape index (κ2) is 7.76. The molecule has 0 saturated carbocycles. The normalized spacial score (nSPS) is 12.0. The summed E-state index contributed by atoms with van der Waals surface area (Å²) in [5, 5.41) is 10.2. The van der Waals surface area contributed by atoms with Crippen molar-refractivity contribution >= 4 is 6.03 Å². The van der Waals surface area contributed by atoms with Gasteiger partial charge in [0.15, 0.2) is 0 Å². The molecule has 6 nitrogen and oxygen atoms in total. The van der Waals surface area contributed by atoms with Crippen molar-refractivity contribution in [3.63, 3.8) is 0 Å². The Kier molecular flexibility index (Phi) is 5.73. The van der Waals surface area contributed by atoms with Crippen molar-refractivity contribution < 1.29 is 4.79 Å². The van der Waals surface area contributed by atoms with Crippen LogP contribution in [0.5, 0.6) is 0 Å². The Balaban J connectivity index is 1.80. The highest BCUT2D eigenvalue weighted by Crippen LogP contribution is 2.10. The van der Waals surface area contributed by atoms with Crippen molar-refractivity contribution in [1.29, 1.82) is 0 Å². The molecule has 0 aliphatic heterocycles. The van der Waals surface area contributed by atoms with E-state index in [4.69, 9.17) is 0 Å². The second-order valence-electron chi connectivity index (χ2n) is 6.00. The van der Waals surface area contributed by atoms with E-state index in [-0.39, 0.29) is 12.1 Å². The van der Waals surface area contributed by atoms with Gasteiger partial charge in [0.25, 0.3) is 0 Å². The summed E-state index contributed by atoms with van der Waals surface area (Å²) in [4.78, 5) is 18.1. The van der Waals surface area contributed by atoms with Gasteiger partial charge < -0.3 is 10.2 Å². The van der Waals surface area contributed by atoms with E-state index >= 15 is 0 Å². The van der Waals surface area contributed by atoms with Crippen LogP contribution >= 0.6 is 0 Å². The molecular weight excluding hydrogens is 290 g/mol. The number of carbonyl (C=O) groups excluding carboxylic acids is 1. The van der Waals surface area contributed by atoms with E-state index in [0.717, 1.165) is 29.8 Å². The molecule has 2 aromatic heterocycles. The lowest BCUT2D eigenvalue weighted by Gasteiger charge is -2.21. The maximum Gasteiger partial charge on any atom is 0.317 e. The summed E-state index contributed by atoms with van der Waals surface area (Å²) >= 11 is 0. The molecule has 0 aliphatic carbocycles. The van der Waals surface area contributed by atoms with Crippen LogP contribution < -0.4 is 5.32 Å². The van der Waals surface area contributed by atoms with E-state index < -0.39 is 0 Å². The average Bonchev–Trinajstić information content (AvgIpc) is 2.84. The van der Waals surface area contributed by atoms with Crippen LogP contribution in [-0.4, -0.2) is 45.7 Å². The van der Waals surface area contributed by atoms with Gasteiger partial charge in [0.2, 0.25) is 0 Å². The zero-order chi connectivity index (χ0) is 16.8. The molecule has 0 aromatic carbocycles. The van der Waals surface area contributed by atoms with E-state index in [1.54, 1.807) is 11.1 Å². The Morgan fingerprint density at radius 3 is 2.83 bits per heavy atom. The number of aryl methyl sites for hydroxylation is 2. The SMILES string of the molecule is Cc1n[nH]c(C)c1CCN(C)C(=O)N[C@H](C)Cc1cccnc1. The number of urea groups is 1. The molecule has 23 heavy (non-hydrogen) atoms. The number of nitrogens with zero attached hydrogens (tertiary/aromatic N) is 3. The number of hydrogen-bond donors (Lipinski definition) is 2. The highest BCUT2D eigenvalue weighted by Gasteiger charge is 2.14. The third-order valence-electron chi connectivity index (χ3n) is 3.96. The molecule has 124 valence electrons. The van der Waals surface area contributed by atoms with Gasteiger partial charge in [-0.3, -0.25) is 10.1 Å². The van der Waals surface area contributed by atoms with Gasteiger partial charge in [-0.05, 0) is 50.8 Å². The van der Waals surface area contributed by atoms with Gasteiger partial charge in [-0.1, -0.05) is 6.07 Å². The Bertz CT molecular complexity index is 618. The number of aromatic amines is 1. The Morgan fingerprint density at radius 2 is 2.22 bits per heavy atom. The fourth-order valence-electron chi connectivity index (χ4n) is 2.57. The summed E-state index contributed by atoms with van der Waals surface area (Å²) in [5.41, 5.74) is 4.38. The molecule has 2 aromatic rings. The molecule has 1 atom stereocenters. The van der Waals surface area contributed by atoms with Crippen molar-refractivity contribution in [3.8, 4) is 0 Å². The van der Waals surface area contributed by atoms with E-state index in [0.29, 0.717) is 6.54 Å². The van der Waals surface area contributed by atoms with Crippen LogP contribution in [-0.2, 0) is 12.8 Å². The molecule has 2 N–H and O–H groups in total. The van der Waals surface area contributed by atoms with Crippen LogP contribution in [0.2, 0.25) is 0 Å². The molecule has 0 bridgehead atoms. The molecule has 0 radical (unpaired) electrons. The maximum absolute atomic E-state index is 12.2. The number of likely N-dealkylation sites (N-methyl/N-ethyl adjacent to an activating group) is 1. The number of amides is 2. The molecule has 2 heterocycles. The van der Waals surface area contributed by atoms with E-state index in [1.165, 1.54) is 5.56 Å². The van der Waals surface area contributed by atoms with Crippen LogP contribution in [0.4, 0.5) is 4.79 Å². The third kappa shape index (κ3) is 4.81. The first-order chi connectivity index (χ1) is 11.0. The first kappa shape index (κ1) is 17.0. The molecule has 2 amide bonds. The Morgan fingerprint density at radius 1 is 1.43 bits per heavy atom. The van der Waals surface area contributed by atoms with Gasteiger partial charge in [-0.2, -0.15) is 5.10 Å². The number of nitrogens with one attached hydrogen (secondary N) is 2. The van der Waals surface area contributed by atoms with Gasteiger partial charge in [0.1, 0.15) is 0 Å². The van der Waals surface area contributed by atoms with Gasteiger partial charge in [0.05, 0.1) is 5.69 Å². The molecule has 6 heteroatoms. The lowest BCUT2D eigenvalue weighted by atomic mass is 10.1. The monoisotopic (exact) mass is 315 g/mol. The fourth-order valence-corrected chi connectivity index (χ4v) is 2.57. The summed E-state index contributed by atoms with van der Waals surface area (Å²) in [7, 11) is 1.82. The lowest BCUT2D eigenvalue weighted by Crippen LogP contribution is -2.43.